The van der Waals surface area contributed by atoms with Gasteiger partial charge in [-0.15, -0.1) is 0 Å². The third-order valence-corrected chi connectivity index (χ3v) is 4.12. The molecule has 1 atom stereocenters. The van der Waals surface area contributed by atoms with Crippen LogP contribution in [0.4, 0.5) is 0 Å². The minimum atomic E-state index is -0.794. The third kappa shape index (κ3) is 2.44. The van der Waals surface area contributed by atoms with Crippen LogP contribution in [-0.2, 0) is 11.2 Å². The van der Waals surface area contributed by atoms with E-state index in [9.17, 15) is 14.7 Å². The molecule has 0 aliphatic carbocycles. The lowest BCUT2D eigenvalue weighted by Crippen LogP contribution is -2.37. The second-order valence-electron chi connectivity index (χ2n) is 5.42. The summed E-state index contributed by atoms with van der Waals surface area (Å²) in [6.07, 6.45) is 4.11. The Hall–Kier alpha value is -1.78. The number of amides is 1. The van der Waals surface area contributed by atoms with Gasteiger partial charge in [-0.2, -0.15) is 0 Å². The first-order valence-corrected chi connectivity index (χ1v) is 7.13. The van der Waals surface area contributed by atoms with Gasteiger partial charge >= 0.3 is 5.97 Å². The minimum Gasteiger partial charge on any atom is -0.481 e. The summed E-state index contributed by atoms with van der Waals surface area (Å²) >= 11 is 0. The van der Waals surface area contributed by atoms with Crippen molar-refractivity contribution in [1.29, 1.82) is 0 Å². The highest BCUT2D eigenvalue weighted by atomic mass is 16.4. The standard InChI is InChI=1S/C15H21NO4/c1-3-6-15(14(18)19)7-8-16(10-15)13(17)11-5-9-20-12(11)4-2/h5,9H,3-4,6-8,10H2,1-2H3,(H,18,19). The topological polar surface area (TPSA) is 70.8 Å². The van der Waals surface area contributed by atoms with Crippen LogP contribution in [0.5, 0.6) is 0 Å². The molecule has 0 bridgehead atoms. The number of carboxylic acid groups (broad SMARTS) is 1. The molecule has 1 fully saturated rings. The van der Waals surface area contributed by atoms with E-state index in [0.29, 0.717) is 43.7 Å². The second-order valence-corrected chi connectivity index (χ2v) is 5.42. The largest absolute Gasteiger partial charge is 0.481 e. The highest BCUT2D eigenvalue weighted by Gasteiger charge is 2.45. The molecular weight excluding hydrogens is 258 g/mol. The molecule has 1 saturated heterocycles. The number of aryl methyl sites for hydroxylation is 1. The predicted molar refractivity (Wildman–Crippen MR) is 73.6 cm³/mol. The maximum Gasteiger partial charge on any atom is 0.311 e. The zero-order valence-corrected chi connectivity index (χ0v) is 12.0. The molecule has 5 nitrogen and oxygen atoms in total. The Bertz CT molecular complexity index is 508. The molecule has 110 valence electrons. The molecule has 0 radical (unpaired) electrons. The van der Waals surface area contributed by atoms with Crippen LogP contribution in [0.2, 0.25) is 0 Å². The zero-order valence-electron chi connectivity index (χ0n) is 12.0. The Labute approximate surface area is 118 Å². The van der Waals surface area contributed by atoms with Crippen molar-refractivity contribution in [3.05, 3.63) is 23.7 Å². The second kappa shape index (κ2) is 5.69. The summed E-state index contributed by atoms with van der Waals surface area (Å²) in [6.45, 7) is 4.70. The Morgan fingerprint density at radius 2 is 2.20 bits per heavy atom. The van der Waals surface area contributed by atoms with Gasteiger partial charge in [0.25, 0.3) is 5.91 Å². The fraction of sp³-hybridized carbons (Fsp3) is 0.600. The van der Waals surface area contributed by atoms with Crippen molar-refractivity contribution in [3.8, 4) is 0 Å². The quantitative estimate of drug-likeness (QED) is 0.899. The summed E-state index contributed by atoms with van der Waals surface area (Å²) in [7, 11) is 0. The smallest absolute Gasteiger partial charge is 0.311 e. The molecule has 1 aliphatic heterocycles. The van der Waals surface area contributed by atoms with Crippen LogP contribution in [0.1, 0.15) is 49.2 Å². The van der Waals surface area contributed by atoms with Gasteiger partial charge < -0.3 is 14.4 Å². The van der Waals surface area contributed by atoms with Gasteiger partial charge in [0.2, 0.25) is 0 Å². The van der Waals surface area contributed by atoms with Crippen LogP contribution in [0.15, 0.2) is 16.7 Å². The minimum absolute atomic E-state index is 0.116. The summed E-state index contributed by atoms with van der Waals surface area (Å²) < 4.78 is 5.28. The molecule has 1 N–H and O–H groups in total. The molecule has 1 amide bonds. The zero-order chi connectivity index (χ0) is 14.8. The van der Waals surface area contributed by atoms with E-state index in [4.69, 9.17) is 4.42 Å². The lowest BCUT2D eigenvalue weighted by atomic mass is 9.83. The Balaban J connectivity index is 2.16. The van der Waals surface area contributed by atoms with Gasteiger partial charge in [0.1, 0.15) is 5.76 Å². The van der Waals surface area contributed by atoms with E-state index in [0.717, 1.165) is 6.42 Å². The SMILES string of the molecule is CCCC1(C(=O)O)CCN(C(=O)c2ccoc2CC)C1. The summed E-state index contributed by atoms with van der Waals surface area (Å²) in [6, 6.07) is 1.67. The molecule has 1 aromatic heterocycles. The van der Waals surface area contributed by atoms with Gasteiger partial charge in [0.05, 0.1) is 17.2 Å². The summed E-state index contributed by atoms with van der Waals surface area (Å²) in [4.78, 5) is 25.7. The number of aliphatic carboxylic acids is 1. The van der Waals surface area contributed by atoms with E-state index in [1.165, 1.54) is 6.26 Å². The Morgan fingerprint density at radius 1 is 1.45 bits per heavy atom. The van der Waals surface area contributed by atoms with E-state index in [1.807, 2.05) is 13.8 Å². The van der Waals surface area contributed by atoms with Crippen LogP contribution in [0, 0.1) is 5.41 Å². The first kappa shape index (κ1) is 14.6. The number of hydrogen-bond acceptors (Lipinski definition) is 3. The van der Waals surface area contributed by atoms with E-state index in [2.05, 4.69) is 0 Å². The fourth-order valence-corrected chi connectivity index (χ4v) is 2.99. The van der Waals surface area contributed by atoms with Crippen molar-refractivity contribution in [3.63, 3.8) is 0 Å². The predicted octanol–water partition coefficient (Wildman–Crippen LogP) is 2.56. The lowest BCUT2D eigenvalue weighted by Gasteiger charge is -2.24. The monoisotopic (exact) mass is 279 g/mol. The molecule has 1 unspecified atom stereocenters. The van der Waals surface area contributed by atoms with Crippen LogP contribution >= 0.6 is 0 Å². The van der Waals surface area contributed by atoms with Gasteiger partial charge in [0.15, 0.2) is 0 Å². The van der Waals surface area contributed by atoms with Crippen LogP contribution in [-0.4, -0.2) is 35.0 Å². The Morgan fingerprint density at radius 3 is 2.80 bits per heavy atom. The van der Waals surface area contributed by atoms with E-state index < -0.39 is 11.4 Å². The van der Waals surface area contributed by atoms with Gasteiger partial charge in [-0.05, 0) is 18.9 Å². The maximum atomic E-state index is 12.5. The van der Waals surface area contributed by atoms with Gasteiger partial charge in [-0.25, -0.2) is 0 Å². The van der Waals surface area contributed by atoms with Gasteiger partial charge in [-0.3, -0.25) is 9.59 Å². The van der Waals surface area contributed by atoms with E-state index >= 15 is 0 Å². The highest BCUT2D eigenvalue weighted by molar-refractivity contribution is 5.96. The molecule has 5 heteroatoms. The van der Waals surface area contributed by atoms with E-state index in [1.54, 1.807) is 11.0 Å². The van der Waals surface area contributed by atoms with Crippen LogP contribution < -0.4 is 0 Å². The summed E-state index contributed by atoms with van der Waals surface area (Å²) in [5.74, 6) is -0.245. The molecule has 1 aromatic rings. The summed E-state index contributed by atoms with van der Waals surface area (Å²) in [5.41, 5.74) is -0.217. The number of carbonyl (C=O) groups is 2. The molecule has 0 saturated carbocycles. The number of carbonyl (C=O) groups excluding carboxylic acids is 1. The van der Waals surface area contributed by atoms with Gasteiger partial charge in [0, 0.05) is 19.5 Å². The number of carboxylic acids is 1. The van der Waals surface area contributed by atoms with Crippen molar-refractivity contribution in [1.82, 2.24) is 4.90 Å². The maximum absolute atomic E-state index is 12.5. The number of rotatable bonds is 5. The number of furan rings is 1. The van der Waals surface area contributed by atoms with Crippen molar-refractivity contribution in [2.75, 3.05) is 13.1 Å². The van der Waals surface area contributed by atoms with Crippen LogP contribution in [0.3, 0.4) is 0 Å². The van der Waals surface area contributed by atoms with Crippen molar-refractivity contribution in [2.24, 2.45) is 5.41 Å². The lowest BCUT2D eigenvalue weighted by molar-refractivity contribution is -0.148. The number of hydrogen-bond donors (Lipinski definition) is 1. The molecular formula is C15H21NO4. The fourth-order valence-electron chi connectivity index (χ4n) is 2.99. The first-order chi connectivity index (χ1) is 9.54. The normalized spacial score (nSPS) is 22.2. The molecule has 20 heavy (non-hydrogen) atoms. The molecule has 0 spiro atoms. The first-order valence-electron chi connectivity index (χ1n) is 7.13. The summed E-state index contributed by atoms with van der Waals surface area (Å²) in [5, 5.41) is 9.47. The average molecular weight is 279 g/mol. The van der Waals surface area contributed by atoms with E-state index in [-0.39, 0.29) is 5.91 Å². The average Bonchev–Trinajstić information content (AvgIpc) is 3.05. The molecule has 1 aliphatic rings. The number of likely N-dealkylation sites (tertiary alicyclic amines) is 1. The van der Waals surface area contributed by atoms with Crippen molar-refractivity contribution >= 4 is 11.9 Å². The number of nitrogens with zero attached hydrogens (tertiary/aromatic N) is 1. The molecule has 0 aromatic carbocycles. The Kier molecular flexibility index (Phi) is 4.16. The van der Waals surface area contributed by atoms with Crippen molar-refractivity contribution < 1.29 is 19.1 Å². The molecule has 2 heterocycles. The van der Waals surface area contributed by atoms with Crippen molar-refractivity contribution in [2.45, 2.75) is 39.5 Å². The molecule has 2 rings (SSSR count). The highest BCUT2D eigenvalue weighted by Crippen LogP contribution is 2.36. The van der Waals surface area contributed by atoms with Gasteiger partial charge in [-0.1, -0.05) is 20.3 Å². The van der Waals surface area contributed by atoms with Crippen LogP contribution in [0.25, 0.3) is 0 Å². The third-order valence-electron chi connectivity index (χ3n) is 4.12.